The maximum Gasteiger partial charge on any atom is 0.307 e. The number of carbonyl (C=O) groups is 1. The van der Waals surface area contributed by atoms with E-state index in [0.29, 0.717) is 11.3 Å². The third-order valence-electron chi connectivity index (χ3n) is 5.78. The van der Waals surface area contributed by atoms with Crippen LogP contribution in [-0.2, 0) is 0 Å². The molecule has 0 atom stereocenters. The van der Waals surface area contributed by atoms with Crippen molar-refractivity contribution in [3.05, 3.63) is 65.4 Å². The van der Waals surface area contributed by atoms with E-state index < -0.39 is 5.91 Å². The molecule has 0 radical (unpaired) electrons. The fourth-order valence-electron chi connectivity index (χ4n) is 4.34. The fraction of sp³-hybridized carbons (Fsp3) is 0.308. The van der Waals surface area contributed by atoms with Crippen LogP contribution in [0.4, 0.5) is 5.69 Å². The van der Waals surface area contributed by atoms with E-state index in [0.717, 1.165) is 23.9 Å². The number of allylic oxidation sites excluding steroid dienone is 1. The molecule has 2 heterocycles. The molecule has 166 valence electrons. The Hall–Kier alpha value is -3.54. The number of benzene rings is 2. The van der Waals surface area contributed by atoms with Crippen molar-refractivity contribution in [2.45, 2.75) is 39.7 Å². The van der Waals surface area contributed by atoms with E-state index in [2.05, 4.69) is 61.3 Å². The molecule has 0 aliphatic carbocycles. The lowest BCUT2D eigenvalue weighted by Crippen LogP contribution is -2.45. The first-order valence-electron chi connectivity index (χ1n) is 10.9. The monoisotopic (exact) mass is 431 g/mol. The zero-order valence-electron chi connectivity index (χ0n) is 19.2. The molecule has 6 heteroatoms. The van der Waals surface area contributed by atoms with Gasteiger partial charge in [-0.3, -0.25) is 4.79 Å². The quantitative estimate of drug-likeness (QED) is 0.406. The average Bonchev–Trinajstić information content (AvgIpc) is 3.21. The molecular weight excluding hydrogens is 402 g/mol. The number of furan rings is 1. The van der Waals surface area contributed by atoms with Gasteiger partial charge in [0.15, 0.2) is 17.1 Å². The van der Waals surface area contributed by atoms with Gasteiger partial charge in [0.25, 0.3) is 0 Å². The van der Waals surface area contributed by atoms with Gasteiger partial charge in [0.1, 0.15) is 0 Å². The van der Waals surface area contributed by atoms with E-state index in [1.807, 2.05) is 18.2 Å². The van der Waals surface area contributed by atoms with Crippen molar-refractivity contribution in [1.29, 1.82) is 0 Å². The number of anilines is 1. The number of methoxy groups -OCH3 is 1. The summed E-state index contributed by atoms with van der Waals surface area (Å²) in [7, 11) is 1.57. The summed E-state index contributed by atoms with van der Waals surface area (Å²) in [6, 6.07) is 13.5. The van der Waals surface area contributed by atoms with Gasteiger partial charge < -0.3 is 14.1 Å². The van der Waals surface area contributed by atoms with Crippen LogP contribution in [0.25, 0.3) is 16.5 Å². The number of carbonyl (C=O) groups excluding carboxylic acids is 1. The van der Waals surface area contributed by atoms with E-state index in [1.165, 1.54) is 16.8 Å². The second-order valence-electron chi connectivity index (χ2n) is 8.60. The summed E-state index contributed by atoms with van der Waals surface area (Å²) in [5, 5.41) is 4.94. The molecule has 0 fully saturated rings. The summed E-state index contributed by atoms with van der Waals surface area (Å²) in [5.74, 6) is 0.357. The summed E-state index contributed by atoms with van der Waals surface area (Å²) < 4.78 is 11.0. The number of hydrazone groups is 1. The van der Waals surface area contributed by atoms with Crippen LogP contribution in [0.3, 0.4) is 0 Å². The van der Waals surface area contributed by atoms with Crippen molar-refractivity contribution in [3.8, 4) is 5.75 Å². The maximum atomic E-state index is 12.5. The van der Waals surface area contributed by atoms with E-state index in [1.54, 1.807) is 25.5 Å². The first-order valence-corrected chi connectivity index (χ1v) is 10.9. The molecule has 2 aromatic carbocycles. The minimum atomic E-state index is -0.413. The standard InChI is InChI=1S/C26H29N3O3/c1-6-12-29-21-11-10-18(13-20(21)17(2)15-26(29,3)4)16-27-28-25(30)23-14-19-8-7-9-22(31-5)24(19)32-23/h7-11,13-16H,6,12H2,1-5H3,(H,28,30)/b27-16-. The topological polar surface area (TPSA) is 67.1 Å². The Kier molecular flexibility index (Phi) is 5.78. The van der Waals surface area contributed by atoms with Gasteiger partial charge in [-0.1, -0.05) is 31.2 Å². The highest BCUT2D eigenvalue weighted by Crippen LogP contribution is 2.39. The number of amides is 1. The van der Waals surface area contributed by atoms with Crippen molar-refractivity contribution in [3.63, 3.8) is 0 Å². The van der Waals surface area contributed by atoms with Crippen LogP contribution in [-0.4, -0.2) is 31.3 Å². The number of fused-ring (bicyclic) bond motifs is 2. The lowest BCUT2D eigenvalue weighted by Gasteiger charge is -2.43. The van der Waals surface area contributed by atoms with E-state index in [9.17, 15) is 4.79 Å². The number of hydrogen-bond donors (Lipinski definition) is 1. The SMILES string of the molecule is CCCN1c2ccc(/C=N\NC(=O)c3cc4cccc(OC)c4o3)cc2C(C)=CC1(C)C. The Morgan fingerprint density at radius 2 is 2.06 bits per heavy atom. The minimum Gasteiger partial charge on any atom is -0.493 e. The van der Waals surface area contributed by atoms with Crippen LogP contribution in [0.15, 0.2) is 58.1 Å². The lowest BCUT2D eigenvalue weighted by molar-refractivity contribution is 0.0929. The third kappa shape index (κ3) is 4.00. The smallest absolute Gasteiger partial charge is 0.307 e. The molecule has 1 aliphatic rings. The number of ether oxygens (including phenoxy) is 1. The van der Waals surface area contributed by atoms with Crippen LogP contribution >= 0.6 is 0 Å². The van der Waals surface area contributed by atoms with Gasteiger partial charge in [-0.15, -0.1) is 0 Å². The molecule has 0 saturated carbocycles. The molecule has 4 rings (SSSR count). The van der Waals surface area contributed by atoms with Crippen molar-refractivity contribution < 1.29 is 13.9 Å². The zero-order chi connectivity index (χ0) is 22.9. The Bertz CT molecular complexity index is 1220. The highest BCUT2D eigenvalue weighted by atomic mass is 16.5. The van der Waals surface area contributed by atoms with Crippen molar-refractivity contribution in [1.82, 2.24) is 5.43 Å². The second-order valence-corrected chi connectivity index (χ2v) is 8.60. The Morgan fingerprint density at radius 3 is 2.81 bits per heavy atom. The van der Waals surface area contributed by atoms with E-state index in [4.69, 9.17) is 9.15 Å². The normalized spacial score (nSPS) is 15.0. The van der Waals surface area contributed by atoms with Gasteiger partial charge in [-0.2, -0.15) is 5.10 Å². The highest BCUT2D eigenvalue weighted by Gasteiger charge is 2.30. The molecule has 0 unspecified atom stereocenters. The lowest BCUT2D eigenvalue weighted by atomic mass is 9.88. The van der Waals surface area contributed by atoms with Gasteiger partial charge >= 0.3 is 5.91 Å². The Morgan fingerprint density at radius 1 is 1.25 bits per heavy atom. The third-order valence-corrected chi connectivity index (χ3v) is 5.78. The average molecular weight is 432 g/mol. The highest BCUT2D eigenvalue weighted by molar-refractivity contribution is 5.98. The predicted octanol–water partition coefficient (Wildman–Crippen LogP) is 5.62. The fourth-order valence-corrected chi connectivity index (χ4v) is 4.34. The Balaban J connectivity index is 1.52. The molecule has 3 aromatic rings. The summed E-state index contributed by atoms with van der Waals surface area (Å²) in [6.45, 7) is 9.82. The first-order chi connectivity index (χ1) is 15.3. The summed E-state index contributed by atoms with van der Waals surface area (Å²) >= 11 is 0. The number of para-hydroxylation sites is 1. The molecule has 1 N–H and O–H groups in total. The van der Waals surface area contributed by atoms with Crippen molar-refractivity contribution >= 4 is 34.4 Å². The van der Waals surface area contributed by atoms with Gasteiger partial charge in [-0.25, -0.2) is 5.43 Å². The van der Waals surface area contributed by atoms with Crippen molar-refractivity contribution in [2.24, 2.45) is 5.10 Å². The molecule has 32 heavy (non-hydrogen) atoms. The number of rotatable bonds is 6. The Labute approximate surface area is 188 Å². The van der Waals surface area contributed by atoms with Gasteiger partial charge in [-0.05, 0) is 62.6 Å². The summed E-state index contributed by atoms with van der Waals surface area (Å²) in [5.41, 5.74) is 7.65. The van der Waals surface area contributed by atoms with Gasteiger partial charge in [0.2, 0.25) is 0 Å². The van der Waals surface area contributed by atoms with Crippen molar-refractivity contribution in [2.75, 3.05) is 18.6 Å². The van der Waals surface area contributed by atoms with E-state index in [-0.39, 0.29) is 11.3 Å². The zero-order valence-corrected chi connectivity index (χ0v) is 19.2. The maximum absolute atomic E-state index is 12.5. The van der Waals surface area contributed by atoms with E-state index >= 15 is 0 Å². The molecule has 1 amide bonds. The number of nitrogens with zero attached hydrogens (tertiary/aromatic N) is 2. The molecule has 1 aliphatic heterocycles. The van der Waals surface area contributed by atoms with Gasteiger partial charge in [0, 0.05) is 23.2 Å². The minimum absolute atomic E-state index is 0.0219. The molecule has 0 saturated heterocycles. The first kappa shape index (κ1) is 21.7. The number of hydrogen-bond acceptors (Lipinski definition) is 5. The van der Waals surface area contributed by atoms with Crippen LogP contribution in [0.5, 0.6) is 5.75 Å². The predicted molar refractivity (Wildman–Crippen MR) is 130 cm³/mol. The largest absolute Gasteiger partial charge is 0.493 e. The molecule has 0 bridgehead atoms. The molecule has 6 nitrogen and oxygen atoms in total. The molecule has 0 spiro atoms. The second kappa shape index (κ2) is 8.54. The summed E-state index contributed by atoms with van der Waals surface area (Å²) in [6.07, 6.45) is 5.04. The van der Waals surface area contributed by atoms with Crippen LogP contribution in [0.1, 0.15) is 55.8 Å². The van der Waals surface area contributed by atoms with Crippen LogP contribution in [0.2, 0.25) is 0 Å². The molecular formula is C26H29N3O3. The van der Waals surface area contributed by atoms with Gasteiger partial charge in [0.05, 0.1) is 18.9 Å². The van der Waals surface area contributed by atoms with Crippen LogP contribution < -0.4 is 15.1 Å². The number of nitrogens with one attached hydrogen (secondary N) is 1. The van der Waals surface area contributed by atoms with Crippen LogP contribution in [0, 0.1) is 0 Å². The summed E-state index contributed by atoms with van der Waals surface area (Å²) in [4.78, 5) is 14.9. The molecule has 1 aromatic heterocycles.